The molecule has 10 aromatic rings. The molecule has 316 valence electrons. The van der Waals surface area contributed by atoms with Crippen molar-refractivity contribution in [2.45, 2.75) is 69.2 Å². The van der Waals surface area contributed by atoms with E-state index in [-0.39, 0.29) is 0 Å². The Labute approximate surface area is 396 Å². The number of fused-ring (bicyclic) bond motifs is 4. The van der Waals surface area contributed by atoms with E-state index in [9.17, 15) is 0 Å². The van der Waals surface area contributed by atoms with Crippen molar-refractivity contribution in [3.63, 3.8) is 0 Å². The highest BCUT2D eigenvalue weighted by molar-refractivity contribution is 9.11. The second kappa shape index (κ2) is 17.3. The van der Waals surface area contributed by atoms with Gasteiger partial charge in [-0.15, -0.1) is 0 Å². The maximum Gasteiger partial charge on any atom is 0.0260 e. The van der Waals surface area contributed by atoms with Crippen molar-refractivity contribution in [1.82, 2.24) is 0 Å². The second-order valence-electron chi connectivity index (χ2n) is 17.7. The molecule has 0 aromatic heterocycles. The molecule has 0 spiro atoms. The number of rotatable bonds is 4. The van der Waals surface area contributed by atoms with Crippen LogP contribution in [0.3, 0.4) is 0 Å². The molecule has 0 aliphatic carbocycles. The standard InChI is InChI=1S/C31H26Br2.C31H28/c1-17-18(2)20(4)30(21(5)19(17)3)27-16-29(33)24-12-8-9-13-25(24)31(27)26-14-15-28(32)23-11-7-6-10-22(23)26;1-19-20(2)22(4)30(23(5)21(19)3)29-18-17-25-12-7-9-15-27(25)31(29)28-16-10-13-24-11-6-8-14-26(24)28/h6-16H,1-5H3;6-18H,1-5H3. The van der Waals surface area contributed by atoms with Crippen LogP contribution in [0.5, 0.6) is 0 Å². The highest BCUT2D eigenvalue weighted by Gasteiger charge is 2.23. The molecule has 0 bridgehead atoms. The molecule has 64 heavy (non-hydrogen) atoms. The number of benzene rings is 10. The SMILES string of the molecule is Cc1c(C)c(C)c(-c2cc(Br)c3ccccc3c2-c2ccc(Br)c3ccccc23)c(C)c1C.Cc1c(C)c(C)c(-c2ccc3ccccc3c2-c2cccc3ccccc23)c(C)c1C. The highest BCUT2D eigenvalue weighted by atomic mass is 79.9. The molecular weight excluding hydrogens is 904 g/mol. The summed E-state index contributed by atoms with van der Waals surface area (Å²) in [5, 5.41) is 10.2. The third-order valence-electron chi connectivity index (χ3n) is 14.7. The minimum atomic E-state index is 1.12. The largest absolute Gasteiger partial charge is 0.0616 e. The average molecular weight is 959 g/mol. The van der Waals surface area contributed by atoms with Crippen LogP contribution in [0.2, 0.25) is 0 Å². The first kappa shape index (κ1) is 43.5. The minimum absolute atomic E-state index is 1.12. The van der Waals surface area contributed by atoms with Crippen molar-refractivity contribution in [1.29, 1.82) is 0 Å². The molecule has 0 radical (unpaired) electrons. The molecule has 0 aliphatic rings. The van der Waals surface area contributed by atoms with Crippen LogP contribution in [0.25, 0.3) is 87.6 Å². The summed E-state index contributed by atoms with van der Waals surface area (Å²) in [5.74, 6) is 0. The Bertz CT molecular complexity index is 3450. The molecule has 2 heteroatoms. The number of halogens is 2. The molecule has 0 unspecified atom stereocenters. The van der Waals surface area contributed by atoms with E-state index in [4.69, 9.17) is 0 Å². The van der Waals surface area contributed by atoms with Gasteiger partial charge in [-0.05, 0) is 225 Å². The summed E-state index contributed by atoms with van der Waals surface area (Å²) in [6.07, 6.45) is 0. The molecule has 0 saturated heterocycles. The molecule has 0 fully saturated rings. The first-order chi connectivity index (χ1) is 30.8. The van der Waals surface area contributed by atoms with Crippen LogP contribution in [0.1, 0.15) is 55.6 Å². The van der Waals surface area contributed by atoms with Gasteiger partial charge < -0.3 is 0 Å². The lowest BCUT2D eigenvalue weighted by atomic mass is 9.81. The lowest BCUT2D eigenvalue weighted by Gasteiger charge is -2.23. The predicted octanol–water partition coefficient (Wildman–Crippen LogP) is 19.3. The van der Waals surface area contributed by atoms with Crippen LogP contribution < -0.4 is 0 Å². The van der Waals surface area contributed by atoms with Crippen LogP contribution >= 0.6 is 31.9 Å². The molecule has 0 N–H and O–H groups in total. The van der Waals surface area contributed by atoms with Crippen molar-refractivity contribution in [3.8, 4) is 44.5 Å². The van der Waals surface area contributed by atoms with Crippen LogP contribution in [-0.4, -0.2) is 0 Å². The van der Waals surface area contributed by atoms with E-state index >= 15 is 0 Å². The first-order valence-electron chi connectivity index (χ1n) is 22.3. The fourth-order valence-corrected chi connectivity index (χ4v) is 11.4. The van der Waals surface area contributed by atoms with E-state index < -0.39 is 0 Å². The Kier molecular flexibility index (Phi) is 11.7. The monoisotopic (exact) mass is 956 g/mol. The highest BCUT2D eigenvalue weighted by Crippen LogP contribution is 2.48. The van der Waals surface area contributed by atoms with Gasteiger partial charge >= 0.3 is 0 Å². The number of hydrogen-bond donors (Lipinski definition) is 0. The minimum Gasteiger partial charge on any atom is -0.0616 e. The van der Waals surface area contributed by atoms with E-state index in [1.807, 2.05) is 0 Å². The van der Waals surface area contributed by atoms with Gasteiger partial charge in [0.25, 0.3) is 0 Å². The lowest BCUT2D eigenvalue weighted by Crippen LogP contribution is -2.01. The Morgan fingerprint density at radius 2 is 0.609 bits per heavy atom. The third-order valence-corrected chi connectivity index (χ3v) is 16.0. The van der Waals surface area contributed by atoms with Gasteiger partial charge in [-0.2, -0.15) is 0 Å². The van der Waals surface area contributed by atoms with Gasteiger partial charge in [0.2, 0.25) is 0 Å². The second-order valence-corrected chi connectivity index (χ2v) is 19.4. The van der Waals surface area contributed by atoms with Crippen LogP contribution in [0.4, 0.5) is 0 Å². The smallest absolute Gasteiger partial charge is 0.0260 e. The van der Waals surface area contributed by atoms with Gasteiger partial charge in [0, 0.05) is 8.95 Å². The van der Waals surface area contributed by atoms with Gasteiger partial charge in [0.15, 0.2) is 0 Å². The fraction of sp³-hybridized carbons (Fsp3) is 0.161. The van der Waals surface area contributed by atoms with Crippen LogP contribution in [0.15, 0.2) is 155 Å². The summed E-state index contributed by atoms with van der Waals surface area (Å²) in [6.45, 7) is 22.6. The summed E-state index contributed by atoms with van der Waals surface area (Å²) in [6, 6.07) is 53.0. The molecule has 0 amide bonds. The van der Waals surface area contributed by atoms with E-state index in [0.29, 0.717) is 0 Å². The van der Waals surface area contributed by atoms with Gasteiger partial charge in [0.05, 0.1) is 0 Å². The molecule has 10 aromatic carbocycles. The van der Waals surface area contributed by atoms with Gasteiger partial charge in [0.1, 0.15) is 0 Å². The molecule has 10 rings (SSSR count). The Hall–Kier alpha value is -5.80. The molecular formula is C62H54Br2. The summed E-state index contributed by atoms with van der Waals surface area (Å²) < 4.78 is 2.26. The Morgan fingerprint density at radius 3 is 1.19 bits per heavy atom. The average Bonchev–Trinajstić information content (AvgIpc) is 3.32. The normalized spacial score (nSPS) is 11.4. The lowest BCUT2D eigenvalue weighted by molar-refractivity contribution is 1.18. The zero-order valence-electron chi connectivity index (χ0n) is 38.6. The van der Waals surface area contributed by atoms with E-state index in [2.05, 4.69) is 247 Å². The Morgan fingerprint density at radius 1 is 0.234 bits per heavy atom. The zero-order valence-corrected chi connectivity index (χ0v) is 41.8. The fourth-order valence-electron chi connectivity index (χ4n) is 10.3. The summed E-state index contributed by atoms with van der Waals surface area (Å²) in [5.41, 5.74) is 24.4. The number of hydrogen-bond acceptors (Lipinski definition) is 0. The maximum absolute atomic E-state index is 3.91. The van der Waals surface area contributed by atoms with Crippen molar-refractivity contribution < 1.29 is 0 Å². The van der Waals surface area contributed by atoms with Gasteiger partial charge in [-0.3, -0.25) is 0 Å². The van der Waals surface area contributed by atoms with E-state index in [1.54, 1.807) is 0 Å². The van der Waals surface area contributed by atoms with E-state index in [1.165, 1.54) is 143 Å². The topological polar surface area (TPSA) is 0 Å². The van der Waals surface area contributed by atoms with E-state index in [0.717, 1.165) is 8.95 Å². The van der Waals surface area contributed by atoms with Crippen molar-refractivity contribution in [2.24, 2.45) is 0 Å². The summed E-state index contributed by atoms with van der Waals surface area (Å²) >= 11 is 7.68. The van der Waals surface area contributed by atoms with Crippen LogP contribution in [0, 0.1) is 69.2 Å². The van der Waals surface area contributed by atoms with Gasteiger partial charge in [-0.1, -0.05) is 165 Å². The zero-order chi connectivity index (χ0) is 45.1. The van der Waals surface area contributed by atoms with Crippen molar-refractivity contribution in [3.05, 3.63) is 210 Å². The molecule has 0 heterocycles. The molecule has 0 saturated carbocycles. The van der Waals surface area contributed by atoms with Gasteiger partial charge in [-0.25, -0.2) is 0 Å². The predicted molar refractivity (Wildman–Crippen MR) is 287 cm³/mol. The van der Waals surface area contributed by atoms with Crippen LogP contribution in [-0.2, 0) is 0 Å². The Balaban J connectivity index is 0.000000162. The molecule has 0 nitrogen and oxygen atoms in total. The molecule has 0 atom stereocenters. The summed E-state index contributed by atoms with van der Waals surface area (Å²) in [4.78, 5) is 0. The quantitative estimate of drug-likeness (QED) is 0.165. The summed E-state index contributed by atoms with van der Waals surface area (Å²) in [7, 11) is 0. The third kappa shape index (κ3) is 7.20. The first-order valence-corrected chi connectivity index (χ1v) is 23.9. The molecule has 0 aliphatic heterocycles. The van der Waals surface area contributed by atoms with Crippen molar-refractivity contribution in [2.75, 3.05) is 0 Å². The maximum atomic E-state index is 3.91. The van der Waals surface area contributed by atoms with Crippen molar-refractivity contribution >= 4 is 74.9 Å².